The molecule has 0 fully saturated rings. The number of nitrogens with two attached hydrogens (primary N) is 1. The van der Waals surface area contributed by atoms with E-state index in [-0.39, 0.29) is 6.04 Å². The Morgan fingerprint density at radius 3 is 2.75 bits per heavy atom. The molecule has 0 amide bonds. The van der Waals surface area contributed by atoms with Crippen molar-refractivity contribution in [3.63, 3.8) is 0 Å². The number of pyridine rings is 1. The van der Waals surface area contributed by atoms with Crippen LogP contribution < -0.4 is 15.8 Å². The van der Waals surface area contributed by atoms with Gasteiger partial charge in [0.25, 0.3) is 0 Å². The van der Waals surface area contributed by atoms with Crippen LogP contribution in [0.3, 0.4) is 0 Å². The Morgan fingerprint density at radius 2 is 2.05 bits per heavy atom. The number of rotatable bonds is 6. The maximum atomic E-state index is 6.10. The van der Waals surface area contributed by atoms with E-state index >= 15 is 0 Å². The fraction of sp³-hybridized carbons (Fsp3) is 0.312. The summed E-state index contributed by atoms with van der Waals surface area (Å²) >= 11 is 0. The van der Waals surface area contributed by atoms with Crippen molar-refractivity contribution in [2.24, 2.45) is 0 Å². The minimum atomic E-state index is -0.0141. The summed E-state index contributed by atoms with van der Waals surface area (Å²) in [6.07, 6.45) is 4.57. The molecule has 4 heteroatoms. The van der Waals surface area contributed by atoms with E-state index in [4.69, 9.17) is 10.5 Å². The molecule has 0 aliphatic heterocycles. The highest BCUT2D eigenvalue weighted by Crippen LogP contribution is 2.32. The molecule has 0 saturated carbocycles. The van der Waals surface area contributed by atoms with Crippen LogP contribution in [-0.2, 0) is 0 Å². The molecular formula is C16H21N3O. The summed E-state index contributed by atoms with van der Waals surface area (Å²) in [4.78, 5) is 4.19. The number of ether oxygens (including phenoxy) is 1. The monoisotopic (exact) mass is 271 g/mol. The molecule has 2 rings (SSSR count). The van der Waals surface area contributed by atoms with Crippen LogP contribution in [0.1, 0.15) is 30.5 Å². The molecule has 0 spiro atoms. The first-order chi connectivity index (χ1) is 9.77. The smallest absolute Gasteiger partial charge is 0.123 e. The van der Waals surface area contributed by atoms with Crippen molar-refractivity contribution in [3.8, 4) is 5.75 Å². The highest BCUT2D eigenvalue weighted by Gasteiger charge is 2.19. The van der Waals surface area contributed by atoms with Crippen molar-refractivity contribution in [2.75, 3.05) is 19.4 Å². The first kappa shape index (κ1) is 14.3. The van der Waals surface area contributed by atoms with E-state index in [1.54, 1.807) is 13.3 Å². The molecule has 4 nitrogen and oxygen atoms in total. The minimum absolute atomic E-state index is 0.0141. The normalized spacial score (nSPS) is 12.1. The zero-order chi connectivity index (χ0) is 14.4. The molecule has 1 aromatic heterocycles. The number of benzene rings is 1. The topological polar surface area (TPSA) is 60.2 Å². The summed E-state index contributed by atoms with van der Waals surface area (Å²) in [6.45, 7) is 3.04. The molecule has 0 radical (unpaired) electrons. The Hall–Kier alpha value is -2.07. The van der Waals surface area contributed by atoms with Crippen molar-refractivity contribution in [3.05, 3.63) is 53.9 Å². The molecule has 2 aromatic rings. The van der Waals surface area contributed by atoms with Crippen LogP contribution in [0.4, 0.5) is 5.69 Å². The fourth-order valence-electron chi connectivity index (χ4n) is 2.24. The third-order valence-electron chi connectivity index (χ3n) is 3.25. The van der Waals surface area contributed by atoms with Gasteiger partial charge >= 0.3 is 0 Å². The van der Waals surface area contributed by atoms with Crippen molar-refractivity contribution in [1.82, 2.24) is 10.3 Å². The van der Waals surface area contributed by atoms with Crippen LogP contribution in [0.25, 0.3) is 0 Å². The maximum Gasteiger partial charge on any atom is 0.123 e. The van der Waals surface area contributed by atoms with Gasteiger partial charge in [-0.15, -0.1) is 0 Å². The lowest BCUT2D eigenvalue weighted by molar-refractivity contribution is 0.404. The van der Waals surface area contributed by atoms with Crippen LogP contribution in [0, 0.1) is 0 Å². The first-order valence-corrected chi connectivity index (χ1v) is 6.83. The third-order valence-corrected chi connectivity index (χ3v) is 3.25. The number of aromatic nitrogens is 1. The van der Waals surface area contributed by atoms with Gasteiger partial charge in [-0.05, 0) is 25.1 Å². The molecule has 0 aliphatic carbocycles. The van der Waals surface area contributed by atoms with Crippen molar-refractivity contribution >= 4 is 5.69 Å². The van der Waals surface area contributed by atoms with Crippen LogP contribution in [0.2, 0.25) is 0 Å². The Labute approximate surface area is 120 Å². The average Bonchev–Trinajstić information content (AvgIpc) is 2.49. The van der Waals surface area contributed by atoms with Gasteiger partial charge in [0, 0.05) is 29.2 Å². The van der Waals surface area contributed by atoms with Gasteiger partial charge < -0.3 is 15.8 Å². The summed E-state index contributed by atoms with van der Waals surface area (Å²) in [7, 11) is 1.68. The molecule has 1 unspecified atom stereocenters. The van der Waals surface area contributed by atoms with Crippen molar-refractivity contribution in [2.45, 2.75) is 19.4 Å². The van der Waals surface area contributed by atoms with Crippen LogP contribution >= 0.6 is 0 Å². The molecule has 0 aliphatic rings. The van der Waals surface area contributed by atoms with Crippen LogP contribution in [-0.4, -0.2) is 18.6 Å². The van der Waals surface area contributed by atoms with Gasteiger partial charge in [0.1, 0.15) is 5.75 Å². The number of hydrogen-bond donors (Lipinski definition) is 2. The van der Waals surface area contributed by atoms with E-state index < -0.39 is 0 Å². The lowest BCUT2D eigenvalue weighted by Crippen LogP contribution is -2.24. The predicted molar refractivity (Wildman–Crippen MR) is 81.8 cm³/mol. The average molecular weight is 271 g/mol. The number of hydrogen-bond acceptors (Lipinski definition) is 4. The summed E-state index contributed by atoms with van der Waals surface area (Å²) in [6, 6.07) is 9.79. The van der Waals surface area contributed by atoms with Crippen molar-refractivity contribution in [1.29, 1.82) is 0 Å². The first-order valence-electron chi connectivity index (χ1n) is 6.83. The van der Waals surface area contributed by atoms with Gasteiger partial charge in [0.15, 0.2) is 0 Å². The molecule has 0 bridgehead atoms. The summed E-state index contributed by atoms with van der Waals surface area (Å²) in [5, 5.41) is 3.52. The summed E-state index contributed by atoms with van der Waals surface area (Å²) in [5.74, 6) is 0.851. The van der Waals surface area contributed by atoms with E-state index in [2.05, 4.69) is 23.3 Å². The van der Waals surface area contributed by atoms with Crippen LogP contribution in [0.15, 0.2) is 42.7 Å². The van der Waals surface area contributed by atoms with Gasteiger partial charge in [-0.1, -0.05) is 25.1 Å². The van der Waals surface area contributed by atoms with E-state index in [9.17, 15) is 0 Å². The zero-order valence-corrected chi connectivity index (χ0v) is 12.0. The molecule has 3 N–H and O–H groups in total. The number of nitrogens with zero attached hydrogens (tertiary/aromatic N) is 1. The van der Waals surface area contributed by atoms with E-state index in [1.165, 1.54) is 0 Å². The number of anilines is 1. The van der Waals surface area contributed by atoms with E-state index in [0.717, 1.165) is 35.5 Å². The van der Waals surface area contributed by atoms with Crippen molar-refractivity contribution < 1.29 is 4.74 Å². The summed E-state index contributed by atoms with van der Waals surface area (Å²) < 4.78 is 5.47. The molecule has 1 atom stereocenters. The second-order valence-electron chi connectivity index (χ2n) is 4.63. The SMILES string of the molecule is CCCNC(c1cnccc1N)c1ccccc1OC. The van der Waals surface area contributed by atoms with Gasteiger partial charge in [-0.2, -0.15) is 0 Å². The van der Waals surface area contributed by atoms with Gasteiger partial charge in [-0.25, -0.2) is 0 Å². The fourth-order valence-corrected chi connectivity index (χ4v) is 2.24. The molecule has 0 saturated heterocycles. The lowest BCUT2D eigenvalue weighted by Gasteiger charge is -2.22. The standard InChI is InChI=1S/C16H21N3O/c1-3-9-19-16(13-11-18-10-8-14(13)17)12-6-4-5-7-15(12)20-2/h4-8,10-11,16,19H,3,9H2,1-2H3,(H2,17,18). The molecule has 20 heavy (non-hydrogen) atoms. The number of nitrogen functional groups attached to an aromatic ring is 1. The lowest BCUT2D eigenvalue weighted by atomic mass is 9.97. The van der Waals surface area contributed by atoms with E-state index in [0.29, 0.717) is 0 Å². The maximum absolute atomic E-state index is 6.10. The van der Waals surface area contributed by atoms with Gasteiger partial charge in [-0.3, -0.25) is 4.98 Å². The number of para-hydroxylation sites is 1. The molecule has 106 valence electrons. The zero-order valence-electron chi connectivity index (χ0n) is 12.0. The third kappa shape index (κ3) is 3.08. The quantitative estimate of drug-likeness (QED) is 0.848. The Morgan fingerprint density at radius 1 is 1.25 bits per heavy atom. The Balaban J connectivity index is 2.44. The molecule has 1 aromatic carbocycles. The predicted octanol–water partition coefficient (Wildman–Crippen LogP) is 2.76. The minimum Gasteiger partial charge on any atom is -0.496 e. The second kappa shape index (κ2) is 6.91. The van der Waals surface area contributed by atoms with Gasteiger partial charge in [0.05, 0.1) is 13.2 Å². The number of methoxy groups -OCH3 is 1. The molecule has 1 heterocycles. The van der Waals surface area contributed by atoms with Gasteiger partial charge in [0.2, 0.25) is 0 Å². The largest absolute Gasteiger partial charge is 0.496 e. The number of nitrogens with one attached hydrogen (secondary N) is 1. The van der Waals surface area contributed by atoms with E-state index in [1.807, 2.05) is 30.5 Å². The molecular weight excluding hydrogens is 250 g/mol. The Bertz CT molecular complexity index is 557. The highest BCUT2D eigenvalue weighted by atomic mass is 16.5. The highest BCUT2D eigenvalue weighted by molar-refractivity contribution is 5.52. The second-order valence-corrected chi connectivity index (χ2v) is 4.63. The van der Waals surface area contributed by atoms with Crippen LogP contribution in [0.5, 0.6) is 5.75 Å². The Kier molecular flexibility index (Phi) is 4.96. The summed E-state index contributed by atoms with van der Waals surface area (Å²) in [5.41, 5.74) is 8.89.